The molecule has 0 radical (unpaired) electrons. The first kappa shape index (κ1) is 17.6. The number of aryl methyl sites for hydroxylation is 1. The highest BCUT2D eigenvalue weighted by atomic mass is 32.1. The molecule has 1 saturated carbocycles. The first-order valence-electron chi connectivity index (χ1n) is 8.57. The van der Waals surface area contributed by atoms with Gasteiger partial charge in [0.1, 0.15) is 21.9 Å². The van der Waals surface area contributed by atoms with Crippen molar-refractivity contribution in [2.45, 2.75) is 51.5 Å². The van der Waals surface area contributed by atoms with Gasteiger partial charge in [-0.3, -0.25) is 4.79 Å². The molecular weight excluding hydrogens is 340 g/mol. The maximum Gasteiger partial charge on any atom is 0.346 e. The van der Waals surface area contributed by atoms with Crippen molar-refractivity contribution in [1.29, 1.82) is 0 Å². The number of fused-ring (bicyclic) bond motifs is 1. The van der Waals surface area contributed by atoms with E-state index in [1.807, 2.05) is 0 Å². The minimum absolute atomic E-state index is 0.0398. The number of nitrogens with one attached hydrogen (secondary N) is 2. The molecular formula is C17H22N4O3S. The van der Waals surface area contributed by atoms with Gasteiger partial charge in [-0.05, 0) is 25.3 Å². The third-order valence-corrected chi connectivity index (χ3v) is 5.72. The first-order valence-corrected chi connectivity index (χ1v) is 9.38. The van der Waals surface area contributed by atoms with Crippen molar-refractivity contribution in [3.63, 3.8) is 0 Å². The quantitative estimate of drug-likeness (QED) is 0.730. The summed E-state index contributed by atoms with van der Waals surface area (Å²) < 4.78 is 0. The van der Waals surface area contributed by atoms with Gasteiger partial charge in [-0.15, -0.1) is 11.3 Å². The summed E-state index contributed by atoms with van der Waals surface area (Å²) in [5.41, 5.74) is 0.655. The van der Waals surface area contributed by atoms with Gasteiger partial charge in [0.15, 0.2) is 0 Å². The van der Waals surface area contributed by atoms with Crippen molar-refractivity contribution in [1.82, 2.24) is 15.3 Å². The van der Waals surface area contributed by atoms with E-state index in [9.17, 15) is 14.7 Å². The van der Waals surface area contributed by atoms with Crippen molar-refractivity contribution >= 4 is 39.2 Å². The van der Waals surface area contributed by atoms with Crippen LogP contribution >= 0.6 is 11.3 Å². The number of thiophene rings is 1. The molecule has 3 N–H and O–H groups in total. The average molecular weight is 362 g/mol. The van der Waals surface area contributed by atoms with Gasteiger partial charge >= 0.3 is 5.97 Å². The van der Waals surface area contributed by atoms with Gasteiger partial charge in [-0.25, -0.2) is 14.8 Å². The van der Waals surface area contributed by atoms with Crippen molar-refractivity contribution in [3.8, 4) is 0 Å². The van der Waals surface area contributed by atoms with Crippen LogP contribution in [0.25, 0.3) is 10.2 Å². The second kappa shape index (κ2) is 7.77. The molecule has 0 spiro atoms. The Hall–Kier alpha value is -2.22. The van der Waals surface area contributed by atoms with E-state index in [1.54, 1.807) is 6.92 Å². The van der Waals surface area contributed by atoms with Crippen LogP contribution in [0.4, 0.5) is 5.82 Å². The molecule has 1 amide bonds. The number of nitrogens with zero attached hydrogens (tertiary/aromatic N) is 2. The zero-order valence-electron chi connectivity index (χ0n) is 14.2. The number of carboxylic acid groups (broad SMARTS) is 1. The number of aromatic nitrogens is 2. The molecule has 3 rings (SSSR count). The highest BCUT2D eigenvalue weighted by Gasteiger charge is 2.19. The summed E-state index contributed by atoms with van der Waals surface area (Å²) in [6, 6.07) is 0.309. The fourth-order valence-corrected chi connectivity index (χ4v) is 4.24. The van der Waals surface area contributed by atoms with Crippen LogP contribution in [0.2, 0.25) is 0 Å². The van der Waals surface area contributed by atoms with E-state index < -0.39 is 5.97 Å². The van der Waals surface area contributed by atoms with Crippen molar-refractivity contribution in [3.05, 3.63) is 16.8 Å². The zero-order chi connectivity index (χ0) is 17.8. The predicted molar refractivity (Wildman–Crippen MR) is 97.2 cm³/mol. The van der Waals surface area contributed by atoms with Crippen LogP contribution in [0.15, 0.2) is 6.33 Å². The van der Waals surface area contributed by atoms with Crippen molar-refractivity contribution < 1.29 is 14.7 Å². The number of carbonyl (C=O) groups is 2. The Bertz CT molecular complexity index is 784. The van der Waals surface area contributed by atoms with E-state index in [0.29, 0.717) is 35.2 Å². The second-order valence-electron chi connectivity index (χ2n) is 6.34. The van der Waals surface area contributed by atoms with Crippen LogP contribution in [-0.4, -0.2) is 39.5 Å². The van der Waals surface area contributed by atoms with E-state index in [2.05, 4.69) is 20.6 Å². The van der Waals surface area contributed by atoms with Crippen LogP contribution in [-0.2, 0) is 4.79 Å². The first-order chi connectivity index (χ1) is 12.1. The summed E-state index contributed by atoms with van der Waals surface area (Å²) in [6.07, 6.45) is 7.54. The van der Waals surface area contributed by atoms with Gasteiger partial charge in [-0.1, -0.05) is 19.3 Å². The third-order valence-electron chi connectivity index (χ3n) is 4.54. The number of hydrogen-bond acceptors (Lipinski definition) is 6. The van der Waals surface area contributed by atoms with Crippen LogP contribution < -0.4 is 10.6 Å². The summed E-state index contributed by atoms with van der Waals surface area (Å²) in [4.78, 5) is 32.6. The molecule has 0 unspecified atom stereocenters. The van der Waals surface area contributed by atoms with Gasteiger partial charge in [0.05, 0.1) is 5.39 Å². The number of rotatable bonds is 6. The predicted octanol–water partition coefficient (Wildman–Crippen LogP) is 2.95. The largest absolute Gasteiger partial charge is 0.477 e. The molecule has 2 heterocycles. The number of hydrogen-bond donors (Lipinski definition) is 3. The van der Waals surface area contributed by atoms with Gasteiger partial charge in [0.2, 0.25) is 5.91 Å². The Kier molecular flexibility index (Phi) is 5.47. The fraction of sp³-hybridized carbons (Fsp3) is 0.529. The molecule has 7 nitrogen and oxygen atoms in total. The smallest absolute Gasteiger partial charge is 0.346 e. The topological polar surface area (TPSA) is 104 Å². The van der Waals surface area contributed by atoms with E-state index in [-0.39, 0.29) is 10.8 Å². The molecule has 1 aliphatic carbocycles. The fourth-order valence-electron chi connectivity index (χ4n) is 3.25. The minimum atomic E-state index is -0.960. The van der Waals surface area contributed by atoms with Crippen LogP contribution in [0.3, 0.4) is 0 Å². The Morgan fingerprint density at radius 2 is 2.04 bits per heavy atom. The third kappa shape index (κ3) is 4.07. The monoisotopic (exact) mass is 362 g/mol. The normalized spacial score (nSPS) is 15.2. The SMILES string of the molecule is Cc1c(C(=O)O)sc2ncnc(NCCC(=O)NC3CCCCC3)c12. The van der Waals surface area contributed by atoms with E-state index in [4.69, 9.17) is 0 Å². The van der Waals surface area contributed by atoms with E-state index >= 15 is 0 Å². The Balaban J connectivity index is 1.61. The number of amides is 1. The molecule has 1 aliphatic rings. The van der Waals surface area contributed by atoms with E-state index in [1.165, 1.54) is 25.6 Å². The molecule has 0 saturated heterocycles. The maximum atomic E-state index is 12.1. The molecule has 0 bridgehead atoms. The van der Waals surface area contributed by atoms with Gasteiger partial charge < -0.3 is 15.7 Å². The minimum Gasteiger partial charge on any atom is -0.477 e. The highest BCUT2D eigenvalue weighted by Crippen LogP contribution is 2.33. The second-order valence-corrected chi connectivity index (χ2v) is 7.34. The van der Waals surface area contributed by atoms with Gasteiger partial charge in [0.25, 0.3) is 0 Å². The maximum absolute atomic E-state index is 12.1. The molecule has 25 heavy (non-hydrogen) atoms. The summed E-state index contributed by atoms with van der Waals surface area (Å²) >= 11 is 1.14. The average Bonchev–Trinajstić information content (AvgIpc) is 2.94. The Labute approximate surface area is 149 Å². The lowest BCUT2D eigenvalue weighted by atomic mass is 9.95. The molecule has 8 heteroatoms. The molecule has 0 aliphatic heterocycles. The molecule has 0 aromatic carbocycles. The summed E-state index contributed by atoms with van der Waals surface area (Å²) in [6.45, 7) is 2.20. The molecule has 2 aromatic heterocycles. The summed E-state index contributed by atoms with van der Waals surface area (Å²) in [7, 11) is 0. The zero-order valence-corrected chi connectivity index (χ0v) is 15.0. The number of carbonyl (C=O) groups excluding carboxylic acids is 1. The molecule has 134 valence electrons. The Morgan fingerprint density at radius 3 is 2.76 bits per heavy atom. The lowest BCUT2D eigenvalue weighted by Crippen LogP contribution is -2.36. The van der Waals surface area contributed by atoms with Crippen LogP contribution in [0.5, 0.6) is 0 Å². The molecule has 1 fully saturated rings. The standard InChI is InChI=1S/C17H22N4O3S/c1-10-13-15(19-9-20-16(13)25-14(10)17(23)24)18-8-7-12(22)21-11-5-3-2-4-6-11/h9,11H,2-8H2,1H3,(H,21,22)(H,23,24)(H,18,19,20). The van der Waals surface area contributed by atoms with Gasteiger partial charge in [-0.2, -0.15) is 0 Å². The summed E-state index contributed by atoms with van der Waals surface area (Å²) in [5, 5.41) is 16.2. The lowest BCUT2D eigenvalue weighted by molar-refractivity contribution is -0.121. The number of anilines is 1. The molecule has 2 aromatic rings. The number of aromatic carboxylic acids is 1. The number of carboxylic acids is 1. The lowest BCUT2D eigenvalue weighted by Gasteiger charge is -2.22. The van der Waals surface area contributed by atoms with Crippen molar-refractivity contribution in [2.24, 2.45) is 0 Å². The van der Waals surface area contributed by atoms with E-state index in [0.717, 1.165) is 29.6 Å². The molecule has 0 atom stereocenters. The highest BCUT2D eigenvalue weighted by molar-refractivity contribution is 7.20. The van der Waals surface area contributed by atoms with Crippen LogP contribution in [0.1, 0.15) is 53.8 Å². The Morgan fingerprint density at radius 1 is 1.28 bits per heavy atom. The summed E-state index contributed by atoms with van der Waals surface area (Å²) in [5.74, 6) is -0.340. The van der Waals surface area contributed by atoms with Crippen molar-refractivity contribution in [2.75, 3.05) is 11.9 Å². The van der Waals surface area contributed by atoms with Gasteiger partial charge in [0, 0.05) is 19.0 Å². The van der Waals surface area contributed by atoms with Crippen LogP contribution in [0, 0.1) is 6.92 Å².